The van der Waals surface area contributed by atoms with Crippen LogP contribution in [-0.4, -0.2) is 40.4 Å². The number of aliphatic hydroxyl groups excluding tert-OH is 1. The average molecular weight is 308 g/mol. The zero-order valence-electron chi connectivity index (χ0n) is 12.5. The fourth-order valence-electron chi connectivity index (χ4n) is 2.24. The molecule has 0 bridgehead atoms. The predicted octanol–water partition coefficient (Wildman–Crippen LogP) is 2.76. The van der Waals surface area contributed by atoms with Gasteiger partial charge in [-0.2, -0.15) is 5.10 Å². The minimum atomic E-state index is -0.473. The molecule has 0 amide bonds. The van der Waals surface area contributed by atoms with Gasteiger partial charge in [-0.1, -0.05) is 41.9 Å². The van der Waals surface area contributed by atoms with Gasteiger partial charge in [-0.05, 0) is 32.5 Å². The molecule has 0 radical (unpaired) electrons. The van der Waals surface area contributed by atoms with Crippen molar-refractivity contribution in [2.75, 3.05) is 20.6 Å². The molecule has 114 valence electrons. The van der Waals surface area contributed by atoms with Gasteiger partial charge in [0.25, 0.3) is 0 Å². The van der Waals surface area contributed by atoms with Crippen LogP contribution in [0.4, 0.5) is 0 Å². The van der Waals surface area contributed by atoms with Crippen LogP contribution in [0.1, 0.15) is 23.8 Å². The summed E-state index contributed by atoms with van der Waals surface area (Å²) in [6.45, 7) is 1.71. The molecule has 0 saturated carbocycles. The van der Waals surface area contributed by atoms with Crippen LogP contribution in [0, 0.1) is 0 Å². The molecule has 2 rings (SSSR count). The van der Waals surface area contributed by atoms with Crippen molar-refractivity contribution >= 4 is 11.6 Å². The van der Waals surface area contributed by atoms with Crippen molar-refractivity contribution < 1.29 is 5.11 Å². The van der Waals surface area contributed by atoms with E-state index in [1.807, 2.05) is 49.1 Å². The number of benzene rings is 1. The zero-order valence-corrected chi connectivity index (χ0v) is 13.3. The highest BCUT2D eigenvalue weighted by Gasteiger charge is 2.13. The van der Waals surface area contributed by atoms with Gasteiger partial charge in [0.05, 0.1) is 29.6 Å². The second-order valence-corrected chi connectivity index (χ2v) is 5.84. The van der Waals surface area contributed by atoms with Crippen molar-refractivity contribution in [1.82, 2.24) is 14.7 Å². The van der Waals surface area contributed by atoms with Crippen molar-refractivity contribution in [1.29, 1.82) is 0 Å². The summed E-state index contributed by atoms with van der Waals surface area (Å²) in [5.41, 5.74) is 1.93. The van der Waals surface area contributed by atoms with Crippen LogP contribution < -0.4 is 0 Å². The molecular formula is C16H22ClN3O. The number of aromatic nitrogens is 2. The quantitative estimate of drug-likeness (QED) is 0.855. The molecular weight excluding hydrogens is 286 g/mol. The Morgan fingerprint density at radius 1 is 1.29 bits per heavy atom. The van der Waals surface area contributed by atoms with Gasteiger partial charge in [-0.25, -0.2) is 0 Å². The monoisotopic (exact) mass is 307 g/mol. The molecule has 0 aliphatic rings. The van der Waals surface area contributed by atoms with Gasteiger partial charge in [-0.15, -0.1) is 0 Å². The van der Waals surface area contributed by atoms with E-state index < -0.39 is 6.10 Å². The lowest BCUT2D eigenvalue weighted by molar-refractivity contribution is 0.167. The first-order valence-corrected chi connectivity index (χ1v) is 7.53. The Kier molecular flexibility index (Phi) is 5.79. The summed E-state index contributed by atoms with van der Waals surface area (Å²) < 4.78 is 1.93. The third-order valence-electron chi connectivity index (χ3n) is 3.50. The molecule has 0 aliphatic carbocycles. The molecule has 1 heterocycles. The van der Waals surface area contributed by atoms with E-state index in [1.165, 1.54) is 0 Å². The maximum atomic E-state index is 10.2. The number of hydrogen-bond acceptors (Lipinski definition) is 3. The van der Waals surface area contributed by atoms with Crippen LogP contribution in [0.5, 0.6) is 0 Å². The van der Waals surface area contributed by atoms with Gasteiger partial charge in [0.15, 0.2) is 0 Å². The Morgan fingerprint density at radius 3 is 2.67 bits per heavy atom. The lowest BCUT2D eigenvalue weighted by Crippen LogP contribution is -2.20. The maximum Gasteiger partial charge on any atom is 0.0817 e. The van der Waals surface area contributed by atoms with Crippen LogP contribution in [0.2, 0.25) is 5.02 Å². The Morgan fingerprint density at radius 2 is 2.00 bits per heavy atom. The zero-order chi connectivity index (χ0) is 15.2. The van der Waals surface area contributed by atoms with E-state index in [0.717, 1.165) is 24.3 Å². The Labute approximate surface area is 131 Å². The van der Waals surface area contributed by atoms with E-state index in [9.17, 15) is 5.11 Å². The molecule has 1 aromatic carbocycles. The van der Waals surface area contributed by atoms with Gasteiger partial charge in [0, 0.05) is 6.54 Å². The van der Waals surface area contributed by atoms with E-state index in [1.54, 1.807) is 6.20 Å². The first-order valence-electron chi connectivity index (χ1n) is 7.16. The second-order valence-electron chi connectivity index (χ2n) is 5.43. The van der Waals surface area contributed by atoms with E-state index in [4.69, 9.17) is 11.6 Å². The molecule has 0 aliphatic heterocycles. The summed E-state index contributed by atoms with van der Waals surface area (Å²) in [5, 5.41) is 15.2. The third kappa shape index (κ3) is 4.56. The highest BCUT2D eigenvalue weighted by atomic mass is 35.5. The Balaban J connectivity index is 1.98. The molecule has 4 nitrogen and oxygen atoms in total. The van der Waals surface area contributed by atoms with Crippen LogP contribution in [0.3, 0.4) is 0 Å². The maximum absolute atomic E-state index is 10.2. The molecule has 21 heavy (non-hydrogen) atoms. The second kappa shape index (κ2) is 7.59. The van der Waals surface area contributed by atoms with Crippen LogP contribution in [0.25, 0.3) is 0 Å². The van der Waals surface area contributed by atoms with Crippen molar-refractivity contribution in [2.24, 2.45) is 0 Å². The largest absolute Gasteiger partial charge is 0.388 e. The normalized spacial score (nSPS) is 12.8. The fourth-order valence-corrected chi connectivity index (χ4v) is 2.47. The SMILES string of the molecule is CN(C)CCn1ncc(Cl)c1CCC(O)c1ccccc1. The molecule has 0 spiro atoms. The molecule has 5 heteroatoms. The van der Waals surface area contributed by atoms with Crippen LogP contribution >= 0.6 is 11.6 Å². The predicted molar refractivity (Wildman–Crippen MR) is 85.5 cm³/mol. The summed E-state index contributed by atoms with van der Waals surface area (Å²) in [7, 11) is 4.06. The summed E-state index contributed by atoms with van der Waals surface area (Å²) in [5.74, 6) is 0. The topological polar surface area (TPSA) is 41.3 Å². The van der Waals surface area contributed by atoms with Gasteiger partial charge in [-0.3, -0.25) is 4.68 Å². The standard InChI is InChI=1S/C16H22ClN3O/c1-19(2)10-11-20-15(14(17)12-18-20)8-9-16(21)13-6-4-3-5-7-13/h3-7,12,16,21H,8-11H2,1-2H3. The van der Waals surface area contributed by atoms with Crippen molar-refractivity contribution in [3.8, 4) is 0 Å². The summed E-state index contributed by atoms with van der Waals surface area (Å²) in [6, 6.07) is 9.70. The average Bonchev–Trinajstić information content (AvgIpc) is 2.84. The van der Waals surface area contributed by atoms with Crippen molar-refractivity contribution in [3.63, 3.8) is 0 Å². The molecule has 1 aromatic heterocycles. The fraction of sp³-hybridized carbons (Fsp3) is 0.438. The molecule has 1 N–H and O–H groups in total. The van der Waals surface area contributed by atoms with Gasteiger partial charge >= 0.3 is 0 Å². The Hall–Kier alpha value is -1.36. The summed E-state index contributed by atoms with van der Waals surface area (Å²) in [6.07, 6.45) is 2.56. The number of halogens is 1. The number of rotatable bonds is 7. The smallest absolute Gasteiger partial charge is 0.0817 e. The lowest BCUT2D eigenvalue weighted by Gasteiger charge is -2.14. The van der Waals surface area contributed by atoms with Gasteiger partial charge in [0.2, 0.25) is 0 Å². The van der Waals surface area contributed by atoms with Crippen LogP contribution in [-0.2, 0) is 13.0 Å². The van der Waals surface area contributed by atoms with Gasteiger partial charge < -0.3 is 10.0 Å². The van der Waals surface area contributed by atoms with Crippen molar-refractivity contribution in [2.45, 2.75) is 25.5 Å². The molecule has 2 aromatic rings. The minimum absolute atomic E-state index is 0.473. The molecule has 0 saturated heterocycles. The third-order valence-corrected chi connectivity index (χ3v) is 3.81. The van der Waals surface area contributed by atoms with E-state index >= 15 is 0 Å². The summed E-state index contributed by atoms with van der Waals surface area (Å²) in [4.78, 5) is 2.11. The molecule has 1 atom stereocenters. The first-order chi connectivity index (χ1) is 10.1. The van der Waals surface area contributed by atoms with E-state index in [-0.39, 0.29) is 0 Å². The van der Waals surface area contributed by atoms with E-state index in [0.29, 0.717) is 17.9 Å². The number of aliphatic hydroxyl groups is 1. The number of likely N-dealkylation sites (N-methyl/N-ethyl adjacent to an activating group) is 1. The lowest BCUT2D eigenvalue weighted by atomic mass is 10.0. The van der Waals surface area contributed by atoms with Gasteiger partial charge in [0.1, 0.15) is 0 Å². The summed E-state index contributed by atoms with van der Waals surface area (Å²) >= 11 is 6.21. The van der Waals surface area contributed by atoms with Crippen LogP contribution in [0.15, 0.2) is 36.5 Å². The molecule has 0 fully saturated rings. The molecule has 1 unspecified atom stereocenters. The minimum Gasteiger partial charge on any atom is -0.388 e. The highest BCUT2D eigenvalue weighted by Crippen LogP contribution is 2.22. The van der Waals surface area contributed by atoms with Crippen molar-refractivity contribution in [3.05, 3.63) is 52.8 Å². The number of hydrogen-bond donors (Lipinski definition) is 1. The Bertz CT molecular complexity index is 554. The van der Waals surface area contributed by atoms with E-state index in [2.05, 4.69) is 10.00 Å². The highest BCUT2D eigenvalue weighted by molar-refractivity contribution is 6.31. The first kappa shape index (κ1) is 16.0. The number of nitrogens with zero attached hydrogens (tertiary/aromatic N) is 3.